The molecule has 1 aliphatic rings. The molecular formula is C13H25N3O2S. The topological polar surface area (TPSA) is 70.2 Å². The van der Waals surface area contributed by atoms with Crippen molar-refractivity contribution in [3.05, 3.63) is 0 Å². The first-order valence-electron chi connectivity index (χ1n) is 6.75. The van der Waals surface area contributed by atoms with E-state index in [1.165, 1.54) is 0 Å². The molecule has 5 nitrogen and oxygen atoms in total. The van der Waals surface area contributed by atoms with Gasteiger partial charge in [0.05, 0.1) is 0 Å². The van der Waals surface area contributed by atoms with Gasteiger partial charge < -0.3 is 16.0 Å². The molecule has 19 heavy (non-hydrogen) atoms. The summed E-state index contributed by atoms with van der Waals surface area (Å²) in [4.78, 5) is 23.2. The molecule has 0 aromatic rings. The Kier molecular flexibility index (Phi) is 6.65. The maximum atomic E-state index is 11.7. The maximum absolute atomic E-state index is 11.7. The van der Waals surface area contributed by atoms with Crippen molar-refractivity contribution in [3.63, 3.8) is 0 Å². The molecule has 1 unspecified atom stereocenters. The van der Waals surface area contributed by atoms with Crippen LogP contribution in [0.15, 0.2) is 0 Å². The quantitative estimate of drug-likeness (QED) is 0.689. The highest BCUT2D eigenvalue weighted by molar-refractivity contribution is 7.99. The summed E-state index contributed by atoms with van der Waals surface area (Å²) in [5, 5.41) is 8.99. The molecule has 0 aromatic heterocycles. The lowest BCUT2D eigenvalue weighted by atomic mass is 10.1. The SMILES string of the molecule is CC(C)(C)NC(=O)CCNC(=O)CC1CSCCN1. The van der Waals surface area contributed by atoms with Crippen LogP contribution in [0.1, 0.15) is 33.6 Å². The molecule has 0 aromatic carbocycles. The number of thioether (sulfide) groups is 1. The molecule has 2 amide bonds. The Labute approximate surface area is 119 Å². The summed E-state index contributed by atoms with van der Waals surface area (Å²) < 4.78 is 0. The van der Waals surface area contributed by atoms with Crippen LogP contribution in [-0.2, 0) is 9.59 Å². The molecule has 6 heteroatoms. The minimum atomic E-state index is -0.218. The highest BCUT2D eigenvalue weighted by atomic mass is 32.2. The van der Waals surface area contributed by atoms with Gasteiger partial charge in [0.15, 0.2) is 0 Å². The van der Waals surface area contributed by atoms with Crippen LogP contribution in [0.4, 0.5) is 0 Å². The van der Waals surface area contributed by atoms with Crippen molar-refractivity contribution in [2.24, 2.45) is 0 Å². The molecule has 0 spiro atoms. The molecule has 1 fully saturated rings. The zero-order valence-corrected chi connectivity index (χ0v) is 12.9. The van der Waals surface area contributed by atoms with E-state index < -0.39 is 0 Å². The van der Waals surface area contributed by atoms with E-state index in [0.717, 1.165) is 18.1 Å². The van der Waals surface area contributed by atoms with Gasteiger partial charge >= 0.3 is 0 Å². The molecule has 1 saturated heterocycles. The van der Waals surface area contributed by atoms with Crippen molar-refractivity contribution in [3.8, 4) is 0 Å². The predicted molar refractivity (Wildman–Crippen MR) is 79.3 cm³/mol. The Morgan fingerprint density at radius 2 is 2.05 bits per heavy atom. The summed E-state index contributed by atoms with van der Waals surface area (Å²) in [5.41, 5.74) is -0.218. The molecular weight excluding hydrogens is 262 g/mol. The Hall–Kier alpha value is -0.750. The van der Waals surface area contributed by atoms with Crippen molar-refractivity contribution in [1.82, 2.24) is 16.0 Å². The zero-order chi connectivity index (χ0) is 14.3. The fourth-order valence-corrected chi connectivity index (χ4v) is 2.79. The van der Waals surface area contributed by atoms with Gasteiger partial charge in [0.1, 0.15) is 0 Å². The third-order valence-corrected chi connectivity index (χ3v) is 3.75. The lowest BCUT2D eigenvalue weighted by Gasteiger charge is -2.22. The molecule has 0 saturated carbocycles. The van der Waals surface area contributed by atoms with Gasteiger partial charge in [0.25, 0.3) is 0 Å². The minimum absolute atomic E-state index is 0.0172. The van der Waals surface area contributed by atoms with Crippen molar-refractivity contribution in [2.75, 3.05) is 24.6 Å². The Morgan fingerprint density at radius 3 is 2.63 bits per heavy atom. The molecule has 1 rings (SSSR count). The molecule has 1 aliphatic heterocycles. The summed E-state index contributed by atoms with van der Waals surface area (Å²) in [6.45, 7) is 7.19. The van der Waals surface area contributed by atoms with Gasteiger partial charge in [-0.25, -0.2) is 0 Å². The smallest absolute Gasteiger partial charge is 0.222 e. The molecule has 1 atom stereocenters. The summed E-state index contributed by atoms with van der Waals surface area (Å²) in [6, 6.07) is 0.266. The Balaban J connectivity index is 2.11. The van der Waals surface area contributed by atoms with Gasteiger partial charge in [0, 0.05) is 49.0 Å². The summed E-state index contributed by atoms with van der Waals surface area (Å²) in [7, 11) is 0. The number of hydrogen-bond acceptors (Lipinski definition) is 4. The van der Waals surface area contributed by atoms with Crippen molar-refractivity contribution in [1.29, 1.82) is 0 Å². The van der Waals surface area contributed by atoms with Crippen molar-refractivity contribution >= 4 is 23.6 Å². The summed E-state index contributed by atoms with van der Waals surface area (Å²) in [6.07, 6.45) is 0.823. The van der Waals surface area contributed by atoms with E-state index in [2.05, 4.69) is 16.0 Å². The first-order chi connectivity index (χ1) is 8.87. The third kappa shape index (κ3) is 8.10. The molecule has 1 heterocycles. The number of carbonyl (C=O) groups is 2. The van der Waals surface area contributed by atoms with E-state index in [1.54, 1.807) is 0 Å². The number of hydrogen-bond donors (Lipinski definition) is 3. The average molecular weight is 287 g/mol. The second-order valence-corrected chi connectivity index (χ2v) is 6.98. The first kappa shape index (κ1) is 16.3. The van der Waals surface area contributed by atoms with Gasteiger partial charge in [-0.2, -0.15) is 11.8 Å². The fraction of sp³-hybridized carbons (Fsp3) is 0.846. The Bertz CT molecular complexity index is 310. The van der Waals surface area contributed by atoms with Crippen molar-refractivity contribution in [2.45, 2.75) is 45.2 Å². The van der Waals surface area contributed by atoms with Crippen LogP contribution >= 0.6 is 11.8 Å². The lowest BCUT2D eigenvalue weighted by molar-refractivity contribution is -0.123. The van der Waals surface area contributed by atoms with E-state index in [0.29, 0.717) is 19.4 Å². The largest absolute Gasteiger partial charge is 0.356 e. The monoisotopic (exact) mass is 287 g/mol. The third-order valence-electron chi connectivity index (χ3n) is 2.62. The van der Waals surface area contributed by atoms with E-state index in [4.69, 9.17) is 0 Å². The van der Waals surface area contributed by atoms with Crippen LogP contribution in [0.3, 0.4) is 0 Å². The van der Waals surface area contributed by atoms with Gasteiger partial charge in [-0.1, -0.05) is 0 Å². The number of amides is 2. The van der Waals surface area contributed by atoms with Gasteiger partial charge in [-0.05, 0) is 20.8 Å². The van der Waals surface area contributed by atoms with E-state index in [9.17, 15) is 9.59 Å². The van der Waals surface area contributed by atoms with E-state index in [1.807, 2.05) is 32.5 Å². The van der Waals surface area contributed by atoms with Crippen LogP contribution in [0.25, 0.3) is 0 Å². The molecule has 3 N–H and O–H groups in total. The van der Waals surface area contributed by atoms with Crippen LogP contribution in [0.2, 0.25) is 0 Å². The Morgan fingerprint density at radius 1 is 1.32 bits per heavy atom. The van der Waals surface area contributed by atoms with Crippen LogP contribution in [0, 0.1) is 0 Å². The van der Waals surface area contributed by atoms with E-state index >= 15 is 0 Å². The normalized spacial score (nSPS) is 19.8. The highest BCUT2D eigenvalue weighted by Gasteiger charge is 2.17. The zero-order valence-electron chi connectivity index (χ0n) is 12.0. The van der Waals surface area contributed by atoms with E-state index in [-0.39, 0.29) is 23.4 Å². The second-order valence-electron chi connectivity index (χ2n) is 5.83. The summed E-state index contributed by atoms with van der Waals surface area (Å²) in [5.74, 6) is 2.09. The lowest BCUT2D eigenvalue weighted by Crippen LogP contribution is -2.43. The van der Waals surface area contributed by atoms with Gasteiger partial charge in [-0.3, -0.25) is 9.59 Å². The molecule has 110 valence electrons. The fourth-order valence-electron chi connectivity index (χ4n) is 1.84. The first-order valence-corrected chi connectivity index (χ1v) is 7.91. The second kappa shape index (κ2) is 7.75. The number of carbonyl (C=O) groups excluding carboxylic acids is 2. The molecule has 0 aliphatic carbocycles. The van der Waals surface area contributed by atoms with Crippen LogP contribution < -0.4 is 16.0 Å². The van der Waals surface area contributed by atoms with Crippen molar-refractivity contribution < 1.29 is 9.59 Å². The van der Waals surface area contributed by atoms with Gasteiger partial charge in [0.2, 0.25) is 11.8 Å². The minimum Gasteiger partial charge on any atom is -0.356 e. The van der Waals surface area contributed by atoms with Crippen LogP contribution in [-0.4, -0.2) is 48.0 Å². The average Bonchev–Trinajstić information content (AvgIpc) is 2.27. The predicted octanol–water partition coefficient (Wildman–Crippen LogP) is 0.503. The number of rotatable bonds is 5. The highest BCUT2D eigenvalue weighted by Crippen LogP contribution is 2.09. The van der Waals surface area contributed by atoms with Gasteiger partial charge in [-0.15, -0.1) is 0 Å². The standard InChI is InChI=1S/C13H25N3O2S/c1-13(2,3)16-11(17)4-5-15-12(18)8-10-9-19-7-6-14-10/h10,14H,4-9H2,1-3H3,(H,15,18)(H,16,17). The number of nitrogens with one attached hydrogen (secondary N) is 3. The molecule has 0 radical (unpaired) electrons. The maximum Gasteiger partial charge on any atom is 0.222 e. The summed E-state index contributed by atoms with van der Waals surface area (Å²) >= 11 is 1.87. The van der Waals surface area contributed by atoms with Crippen LogP contribution in [0.5, 0.6) is 0 Å². The molecule has 0 bridgehead atoms.